The second-order valence-corrected chi connectivity index (χ2v) is 5.36. The summed E-state index contributed by atoms with van der Waals surface area (Å²) >= 11 is 0. The topological polar surface area (TPSA) is 103 Å². The molecule has 1 amide bonds. The maximum absolute atomic E-state index is 12.2. The van der Waals surface area contributed by atoms with Crippen LogP contribution in [0, 0.1) is 0 Å². The van der Waals surface area contributed by atoms with Crippen LogP contribution in [0.2, 0.25) is 0 Å². The summed E-state index contributed by atoms with van der Waals surface area (Å²) in [6, 6.07) is 0. The van der Waals surface area contributed by atoms with Crippen molar-refractivity contribution in [3.8, 4) is 0 Å². The Morgan fingerprint density at radius 3 is 2.75 bits per heavy atom. The van der Waals surface area contributed by atoms with Crippen LogP contribution in [-0.4, -0.2) is 38.9 Å². The molecule has 8 heteroatoms. The third kappa shape index (κ3) is 3.08. The first-order valence-corrected chi connectivity index (χ1v) is 6.18. The van der Waals surface area contributed by atoms with Crippen molar-refractivity contribution in [2.75, 3.05) is 11.9 Å². The van der Waals surface area contributed by atoms with Gasteiger partial charge in [0.1, 0.15) is 18.0 Å². The van der Waals surface area contributed by atoms with Crippen LogP contribution in [0.5, 0.6) is 0 Å². The molecule has 0 aliphatic carbocycles. The van der Waals surface area contributed by atoms with Crippen molar-refractivity contribution in [2.45, 2.75) is 39.5 Å². The normalized spacial score (nSPS) is 14.6. The van der Waals surface area contributed by atoms with E-state index in [1.54, 1.807) is 25.3 Å². The Balaban J connectivity index is 2.40. The van der Waals surface area contributed by atoms with Crippen molar-refractivity contribution in [2.24, 2.45) is 0 Å². The van der Waals surface area contributed by atoms with Crippen LogP contribution in [0.1, 0.15) is 37.1 Å². The van der Waals surface area contributed by atoms with Crippen LogP contribution >= 0.6 is 0 Å². The molecule has 0 aromatic carbocycles. The lowest BCUT2D eigenvalue weighted by atomic mass is 10.2. The van der Waals surface area contributed by atoms with Crippen LogP contribution in [0.15, 0.2) is 0 Å². The number of fused-ring (bicyclic) bond motifs is 1. The summed E-state index contributed by atoms with van der Waals surface area (Å²) in [6.45, 7) is 6.32. The second kappa shape index (κ2) is 5.12. The lowest BCUT2D eigenvalue weighted by Crippen LogP contribution is -2.28. The zero-order valence-electron chi connectivity index (χ0n) is 11.6. The Bertz CT molecular complexity index is 544. The SMILES string of the molecule is CC(C)(C)OC(=O)c1c(NC(=O)O)nc2n1CCOC2. The molecular weight excluding hydrogens is 266 g/mol. The summed E-state index contributed by atoms with van der Waals surface area (Å²) in [5.74, 6) is -0.130. The number of carbonyl (C=O) groups excluding carboxylic acids is 1. The van der Waals surface area contributed by atoms with Crippen molar-refractivity contribution in [3.05, 3.63) is 11.5 Å². The molecule has 1 aromatic rings. The molecule has 1 aliphatic rings. The zero-order chi connectivity index (χ0) is 14.9. The number of amides is 1. The molecule has 0 unspecified atom stereocenters. The van der Waals surface area contributed by atoms with Crippen molar-refractivity contribution in [1.29, 1.82) is 0 Å². The second-order valence-electron chi connectivity index (χ2n) is 5.36. The fourth-order valence-electron chi connectivity index (χ4n) is 1.89. The van der Waals surface area contributed by atoms with Crippen molar-refractivity contribution in [1.82, 2.24) is 9.55 Å². The highest BCUT2D eigenvalue weighted by Crippen LogP contribution is 2.23. The summed E-state index contributed by atoms with van der Waals surface area (Å²) in [5.41, 5.74) is -0.561. The van der Waals surface area contributed by atoms with Gasteiger partial charge in [-0.2, -0.15) is 0 Å². The van der Waals surface area contributed by atoms with Crippen LogP contribution in [0.3, 0.4) is 0 Å². The molecule has 0 saturated carbocycles. The average Bonchev–Trinajstić information content (AvgIpc) is 2.63. The number of hydrogen-bond donors (Lipinski definition) is 2. The van der Waals surface area contributed by atoms with Gasteiger partial charge in [-0.1, -0.05) is 0 Å². The Morgan fingerprint density at radius 1 is 1.45 bits per heavy atom. The van der Waals surface area contributed by atoms with Gasteiger partial charge >= 0.3 is 12.1 Å². The Morgan fingerprint density at radius 2 is 2.15 bits per heavy atom. The van der Waals surface area contributed by atoms with Gasteiger partial charge in [0.2, 0.25) is 0 Å². The summed E-state index contributed by atoms with van der Waals surface area (Å²) in [4.78, 5) is 27.1. The maximum atomic E-state index is 12.2. The highest BCUT2D eigenvalue weighted by molar-refractivity contribution is 5.97. The molecule has 0 bridgehead atoms. The molecule has 1 aromatic heterocycles. The van der Waals surface area contributed by atoms with Crippen LogP contribution in [0.4, 0.5) is 10.6 Å². The number of aromatic nitrogens is 2. The summed E-state index contributed by atoms with van der Waals surface area (Å²) in [5, 5.41) is 10.9. The Labute approximate surface area is 115 Å². The molecule has 20 heavy (non-hydrogen) atoms. The maximum Gasteiger partial charge on any atom is 0.410 e. The number of esters is 1. The number of carboxylic acid groups (broad SMARTS) is 1. The smallest absolute Gasteiger partial charge is 0.410 e. The van der Waals surface area contributed by atoms with E-state index in [0.717, 1.165) is 0 Å². The zero-order valence-corrected chi connectivity index (χ0v) is 11.6. The minimum absolute atomic E-state index is 0.0211. The third-order valence-electron chi connectivity index (χ3n) is 2.55. The van der Waals surface area contributed by atoms with Gasteiger partial charge in [-0.15, -0.1) is 0 Å². The van der Waals surface area contributed by atoms with Crippen molar-refractivity contribution >= 4 is 17.9 Å². The van der Waals surface area contributed by atoms with Gasteiger partial charge in [0.25, 0.3) is 0 Å². The van der Waals surface area contributed by atoms with Gasteiger partial charge in [0.15, 0.2) is 11.5 Å². The van der Waals surface area contributed by atoms with Gasteiger partial charge < -0.3 is 19.1 Å². The van der Waals surface area contributed by atoms with E-state index in [4.69, 9.17) is 14.6 Å². The number of imidazole rings is 1. The van der Waals surface area contributed by atoms with E-state index in [1.807, 2.05) is 0 Å². The minimum Gasteiger partial charge on any atom is -0.465 e. The van der Waals surface area contributed by atoms with E-state index in [2.05, 4.69) is 10.3 Å². The van der Waals surface area contributed by atoms with E-state index in [0.29, 0.717) is 19.0 Å². The number of nitrogens with zero attached hydrogens (tertiary/aromatic N) is 2. The largest absolute Gasteiger partial charge is 0.465 e. The molecule has 2 heterocycles. The van der Waals surface area contributed by atoms with Gasteiger partial charge in [0, 0.05) is 6.54 Å². The van der Waals surface area contributed by atoms with Gasteiger partial charge in [-0.3, -0.25) is 5.32 Å². The van der Waals surface area contributed by atoms with Crippen LogP contribution in [0.25, 0.3) is 0 Å². The van der Waals surface area contributed by atoms with E-state index >= 15 is 0 Å². The van der Waals surface area contributed by atoms with Crippen molar-refractivity contribution < 1.29 is 24.2 Å². The first-order valence-electron chi connectivity index (χ1n) is 6.18. The number of nitrogens with one attached hydrogen (secondary N) is 1. The first kappa shape index (κ1) is 14.3. The van der Waals surface area contributed by atoms with Crippen LogP contribution in [-0.2, 0) is 22.6 Å². The van der Waals surface area contributed by atoms with E-state index in [1.165, 1.54) is 0 Å². The first-order chi connectivity index (χ1) is 9.28. The van der Waals surface area contributed by atoms with E-state index < -0.39 is 17.7 Å². The van der Waals surface area contributed by atoms with Gasteiger partial charge in [0.05, 0.1) is 6.61 Å². The average molecular weight is 283 g/mol. The summed E-state index contributed by atoms with van der Waals surface area (Å²) in [7, 11) is 0. The van der Waals surface area contributed by atoms with Crippen LogP contribution < -0.4 is 5.32 Å². The monoisotopic (exact) mass is 283 g/mol. The molecule has 0 atom stereocenters. The summed E-state index contributed by atoms with van der Waals surface area (Å²) in [6.07, 6.45) is -1.29. The molecule has 1 aliphatic heterocycles. The molecular formula is C12H17N3O5. The number of ether oxygens (including phenoxy) is 2. The lowest BCUT2D eigenvalue weighted by molar-refractivity contribution is 0.00502. The molecule has 0 spiro atoms. The fourth-order valence-corrected chi connectivity index (χ4v) is 1.89. The molecule has 2 N–H and O–H groups in total. The Hall–Kier alpha value is -2.09. The fraction of sp³-hybridized carbons (Fsp3) is 0.583. The Kier molecular flexibility index (Phi) is 3.67. The summed E-state index contributed by atoms with van der Waals surface area (Å²) < 4.78 is 12.2. The molecule has 8 nitrogen and oxygen atoms in total. The third-order valence-corrected chi connectivity index (χ3v) is 2.55. The van der Waals surface area contributed by atoms with Gasteiger partial charge in [-0.05, 0) is 20.8 Å². The number of rotatable bonds is 2. The number of carbonyl (C=O) groups is 2. The molecule has 2 rings (SSSR count). The highest BCUT2D eigenvalue weighted by atomic mass is 16.6. The minimum atomic E-state index is -1.29. The lowest BCUT2D eigenvalue weighted by Gasteiger charge is -2.21. The standard InChI is InChI=1S/C12H17N3O5/c1-12(2,3)20-10(16)8-9(14-11(17)18)13-7-6-19-5-4-15(7)8/h14H,4-6H2,1-3H3,(H,17,18). The number of anilines is 1. The van der Waals surface area contributed by atoms with E-state index in [9.17, 15) is 9.59 Å². The van der Waals surface area contributed by atoms with Crippen molar-refractivity contribution in [3.63, 3.8) is 0 Å². The number of hydrogen-bond acceptors (Lipinski definition) is 5. The molecule has 0 radical (unpaired) electrons. The predicted octanol–water partition coefficient (Wildman–Crippen LogP) is 1.46. The molecule has 0 saturated heterocycles. The molecule has 110 valence electrons. The predicted molar refractivity (Wildman–Crippen MR) is 68.7 cm³/mol. The van der Waals surface area contributed by atoms with Gasteiger partial charge in [-0.25, -0.2) is 14.6 Å². The quantitative estimate of drug-likeness (QED) is 0.796. The molecule has 0 fully saturated rings. The highest BCUT2D eigenvalue weighted by Gasteiger charge is 2.29. The van der Waals surface area contributed by atoms with E-state index in [-0.39, 0.29) is 18.1 Å².